The van der Waals surface area contributed by atoms with E-state index in [4.69, 9.17) is 0 Å². The average Bonchev–Trinajstić information content (AvgIpc) is 3.16. The second kappa shape index (κ2) is 5.06. The van der Waals surface area contributed by atoms with Crippen LogP contribution in [0.5, 0.6) is 0 Å². The second-order valence-electron chi connectivity index (χ2n) is 5.31. The van der Waals surface area contributed by atoms with Gasteiger partial charge in [-0.2, -0.15) is 5.10 Å². The lowest BCUT2D eigenvalue weighted by atomic mass is 9.90. The predicted molar refractivity (Wildman–Crippen MR) is 85.5 cm³/mol. The zero-order valence-electron chi connectivity index (χ0n) is 12.0. The highest BCUT2D eigenvalue weighted by molar-refractivity contribution is 7.07. The molecular weight excluding hydrogens is 296 g/mol. The van der Waals surface area contributed by atoms with Gasteiger partial charge in [-0.05, 0) is 19.1 Å². The van der Waals surface area contributed by atoms with Crippen molar-refractivity contribution in [3.63, 3.8) is 0 Å². The SMILES string of the molecule is Cc1nn(-c2ccccc2)c2c1C(c1cscn1)CC(=O)N2. The highest BCUT2D eigenvalue weighted by Crippen LogP contribution is 2.39. The Kier molecular flexibility index (Phi) is 3.04. The molecule has 0 spiro atoms. The molecule has 1 amide bonds. The van der Waals surface area contributed by atoms with Crippen molar-refractivity contribution in [3.05, 3.63) is 58.2 Å². The van der Waals surface area contributed by atoms with Crippen molar-refractivity contribution in [2.24, 2.45) is 0 Å². The third-order valence-corrected chi connectivity index (χ3v) is 4.52. The van der Waals surface area contributed by atoms with Crippen LogP contribution < -0.4 is 5.32 Å². The lowest BCUT2D eigenvalue weighted by Crippen LogP contribution is -2.25. The summed E-state index contributed by atoms with van der Waals surface area (Å²) in [5, 5.41) is 9.62. The summed E-state index contributed by atoms with van der Waals surface area (Å²) in [4.78, 5) is 16.5. The minimum Gasteiger partial charge on any atom is -0.310 e. The minimum absolute atomic E-state index is 0.00239. The lowest BCUT2D eigenvalue weighted by molar-refractivity contribution is -0.116. The summed E-state index contributed by atoms with van der Waals surface area (Å²) in [7, 11) is 0. The van der Waals surface area contributed by atoms with E-state index in [2.05, 4.69) is 15.4 Å². The number of hydrogen-bond donors (Lipinski definition) is 1. The standard InChI is InChI=1S/C16H14N4OS/c1-10-15-12(13-8-22-9-17-13)7-14(21)18-16(15)20(19-10)11-5-3-2-4-6-11/h2-6,8-9,12H,7H2,1H3,(H,18,21). The number of aromatic nitrogens is 3. The van der Waals surface area contributed by atoms with Crippen molar-refractivity contribution in [1.82, 2.24) is 14.8 Å². The van der Waals surface area contributed by atoms with Gasteiger partial charge < -0.3 is 5.32 Å². The van der Waals surface area contributed by atoms with Crippen molar-refractivity contribution < 1.29 is 4.79 Å². The molecule has 3 aromatic rings. The number of nitrogens with zero attached hydrogens (tertiary/aromatic N) is 3. The van der Waals surface area contributed by atoms with Gasteiger partial charge >= 0.3 is 0 Å². The van der Waals surface area contributed by atoms with Crippen molar-refractivity contribution in [2.75, 3.05) is 5.32 Å². The molecule has 1 unspecified atom stereocenters. The van der Waals surface area contributed by atoms with Crippen molar-refractivity contribution in [3.8, 4) is 5.69 Å². The number of carbonyl (C=O) groups excluding carboxylic acids is 1. The summed E-state index contributed by atoms with van der Waals surface area (Å²) in [6, 6.07) is 9.84. The Hall–Kier alpha value is -2.47. The molecule has 110 valence electrons. The van der Waals surface area contributed by atoms with Crippen molar-refractivity contribution >= 4 is 23.1 Å². The molecule has 1 aromatic carbocycles. The molecule has 0 aliphatic carbocycles. The van der Waals surface area contributed by atoms with Crippen LogP contribution in [0.15, 0.2) is 41.2 Å². The molecule has 0 fully saturated rings. The maximum absolute atomic E-state index is 12.1. The Morgan fingerprint density at radius 1 is 1.32 bits per heavy atom. The fourth-order valence-corrected chi connectivity index (χ4v) is 3.56. The Labute approximate surface area is 131 Å². The van der Waals surface area contributed by atoms with Gasteiger partial charge in [0.15, 0.2) is 0 Å². The van der Waals surface area contributed by atoms with E-state index in [0.29, 0.717) is 6.42 Å². The first-order valence-electron chi connectivity index (χ1n) is 7.07. The molecule has 0 radical (unpaired) electrons. The number of anilines is 1. The summed E-state index contributed by atoms with van der Waals surface area (Å²) < 4.78 is 1.81. The maximum atomic E-state index is 12.1. The molecule has 6 heteroatoms. The molecule has 22 heavy (non-hydrogen) atoms. The fraction of sp³-hybridized carbons (Fsp3) is 0.188. The molecule has 1 aliphatic heterocycles. The van der Waals surface area contributed by atoms with Gasteiger partial charge in [-0.3, -0.25) is 4.79 Å². The average molecular weight is 310 g/mol. The minimum atomic E-state index is -0.0209. The second-order valence-corrected chi connectivity index (χ2v) is 6.03. The predicted octanol–water partition coefficient (Wildman–Crippen LogP) is 3.11. The van der Waals surface area contributed by atoms with Gasteiger partial charge in [0.1, 0.15) is 5.82 Å². The zero-order chi connectivity index (χ0) is 15.1. The molecule has 1 atom stereocenters. The summed E-state index contributed by atoms with van der Waals surface area (Å²) in [6.07, 6.45) is 0.415. The van der Waals surface area contributed by atoms with E-state index in [9.17, 15) is 4.79 Å². The molecule has 1 N–H and O–H groups in total. The van der Waals surface area contributed by atoms with Gasteiger partial charge in [-0.15, -0.1) is 11.3 Å². The van der Waals surface area contributed by atoms with Crippen LogP contribution in [0.1, 0.15) is 29.3 Å². The van der Waals surface area contributed by atoms with E-state index in [1.165, 1.54) is 0 Å². The number of thiazole rings is 1. The normalized spacial score (nSPS) is 17.1. The van der Waals surface area contributed by atoms with Crippen molar-refractivity contribution in [1.29, 1.82) is 0 Å². The number of para-hydroxylation sites is 1. The Bertz CT molecular complexity index is 823. The molecule has 1 aliphatic rings. The fourth-order valence-electron chi connectivity index (χ4n) is 2.95. The first-order chi connectivity index (χ1) is 10.7. The lowest BCUT2D eigenvalue weighted by Gasteiger charge is -2.22. The summed E-state index contributed by atoms with van der Waals surface area (Å²) in [6.45, 7) is 1.98. The molecule has 2 aromatic heterocycles. The molecule has 4 rings (SSSR count). The monoisotopic (exact) mass is 310 g/mol. The third-order valence-electron chi connectivity index (χ3n) is 3.91. The summed E-state index contributed by atoms with van der Waals surface area (Å²) in [5.74, 6) is 0.744. The van der Waals surface area contributed by atoms with E-state index >= 15 is 0 Å². The topological polar surface area (TPSA) is 59.8 Å². The summed E-state index contributed by atoms with van der Waals surface area (Å²) >= 11 is 1.55. The highest BCUT2D eigenvalue weighted by atomic mass is 32.1. The smallest absolute Gasteiger partial charge is 0.226 e. The van der Waals surface area contributed by atoms with Crippen LogP contribution in [0.4, 0.5) is 5.82 Å². The number of hydrogen-bond acceptors (Lipinski definition) is 4. The molecule has 0 bridgehead atoms. The van der Waals surface area contributed by atoms with Crippen LogP contribution in [0.2, 0.25) is 0 Å². The number of fused-ring (bicyclic) bond motifs is 1. The number of benzene rings is 1. The number of rotatable bonds is 2. The van der Waals surface area contributed by atoms with Crippen LogP contribution in [0.25, 0.3) is 5.69 Å². The molecule has 5 nitrogen and oxygen atoms in total. The van der Waals surface area contributed by atoms with Gasteiger partial charge in [0.2, 0.25) is 5.91 Å². The molecule has 0 saturated heterocycles. The van der Waals surface area contributed by atoms with Crippen LogP contribution in [-0.4, -0.2) is 20.7 Å². The van der Waals surface area contributed by atoms with Crippen LogP contribution in [0.3, 0.4) is 0 Å². The number of aryl methyl sites for hydroxylation is 1. The zero-order valence-corrected chi connectivity index (χ0v) is 12.8. The molecule has 3 heterocycles. The van der Waals surface area contributed by atoms with Gasteiger partial charge in [-0.1, -0.05) is 18.2 Å². The van der Waals surface area contributed by atoms with E-state index in [1.54, 1.807) is 21.5 Å². The molecule has 0 saturated carbocycles. The van der Waals surface area contributed by atoms with E-state index in [0.717, 1.165) is 28.5 Å². The first-order valence-corrected chi connectivity index (χ1v) is 8.01. The van der Waals surface area contributed by atoms with Crippen molar-refractivity contribution in [2.45, 2.75) is 19.3 Å². The number of amides is 1. The van der Waals surface area contributed by atoms with Crippen LogP contribution >= 0.6 is 11.3 Å². The number of nitrogens with one attached hydrogen (secondary N) is 1. The van der Waals surface area contributed by atoms with Gasteiger partial charge in [0.25, 0.3) is 0 Å². The maximum Gasteiger partial charge on any atom is 0.226 e. The largest absolute Gasteiger partial charge is 0.310 e. The summed E-state index contributed by atoms with van der Waals surface area (Å²) in [5.41, 5.74) is 5.67. The van der Waals surface area contributed by atoms with Gasteiger partial charge in [-0.25, -0.2) is 9.67 Å². The quantitative estimate of drug-likeness (QED) is 0.791. The van der Waals surface area contributed by atoms with Crippen LogP contribution in [-0.2, 0) is 4.79 Å². The van der Waals surface area contributed by atoms with E-state index in [-0.39, 0.29) is 11.8 Å². The van der Waals surface area contributed by atoms with Crippen LogP contribution in [0, 0.1) is 6.92 Å². The highest BCUT2D eigenvalue weighted by Gasteiger charge is 2.33. The van der Waals surface area contributed by atoms with Gasteiger partial charge in [0, 0.05) is 23.3 Å². The van der Waals surface area contributed by atoms with E-state index in [1.807, 2.05) is 42.6 Å². The van der Waals surface area contributed by atoms with Gasteiger partial charge in [0.05, 0.1) is 22.6 Å². The molecular formula is C16H14N4OS. The number of carbonyl (C=O) groups is 1. The van der Waals surface area contributed by atoms with E-state index < -0.39 is 0 Å². The third kappa shape index (κ3) is 2.03. The Morgan fingerprint density at radius 2 is 2.14 bits per heavy atom. The Balaban J connectivity index is 1.90. The first kappa shape index (κ1) is 13.2. The Morgan fingerprint density at radius 3 is 2.86 bits per heavy atom.